The van der Waals surface area contributed by atoms with Crippen molar-refractivity contribution in [3.8, 4) is 0 Å². The Hall–Kier alpha value is -0.680. The third-order valence-corrected chi connectivity index (χ3v) is 5.37. The summed E-state index contributed by atoms with van der Waals surface area (Å²) in [4.78, 5) is 6.97. The lowest BCUT2D eigenvalue weighted by atomic mass is 10.2. The second-order valence-electron chi connectivity index (χ2n) is 4.45. The normalized spacial score (nSPS) is 20.1. The van der Waals surface area contributed by atoms with Gasteiger partial charge in [0.05, 0.1) is 6.54 Å². The fourth-order valence-corrected chi connectivity index (χ4v) is 4.02. The van der Waals surface area contributed by atoms with Gasteiger partial charge in [0.15, 0.2) is 5.96 Å². The van der Waals surface area contributed by atoms with Crippen LogP contribution in [-0.2, 0) is 6.54 Å². The number of hydrogen-bond acceptors (Lipinski definition) is 3. The Kier molecular flexibility index (Phi) is 5.38. The number of nitrogens with zero attached hydrogens (tertiary/aromatic N) is 1. The molecule has 0 spiro atoms. The molecule has 1 aliphatic heterocycles. The van der Waals surface area contributed by atoms with Crippen LogP contribution in [0.15, 0.2) is 17.1 Å². The minimum atomic E-state index is 0.757. The Balaban J connectivity index is 1.72. The van der Waals surface area contributed by atoms with E-state index < -0.39 is 0 Å². The summed E-state index contributed by atoms with van der Waals surface area (Å²) in [6, 6.07) is 4.33. The van der Waals surface area contributed by atoms with Gasteiger partial charge in [0.2, 0.25) is 0 Å². The Morgan fingerprint density at radius 3 is 2.94 bits per heavy atom. The van der Waals surface area contributed by atoms with Crippen LogP contribution in [0.4, 0.5) is 0 Å². The number of guanidine groups is 1. The molecule has 0 amide bonds. The molecule has 100 valence electrons. The molecule has 2 N–H and O–H groups in total. The molecule has 0 aromatic carbocycles. The first-order chi connectivity index (χ1) is 8.78. The van der Waals surface area contributed by atoms with Crippen molar-refractivity contribution < 1.29 is 0 Å². The van der Waals surface area contributed by atoms with E-state index >= 15 is 0 Å². The van der Waals surface area contributed by atoms with E-state index in [0.29, 0.717) is 0 Å². The number of hydrogen-bond donors (Lipinski definition) is 2. The molecule has 0 radical (unpaired) electrons. The van der Waals surface area contributed by atoms with Crippen LogP contribution in [0.1, 0.15) is 22.6 Å². The molecule has 1 aromatic rings. The number of aryl methyl sites for hydroxylation is 1. The van der Waals surface area contributed by atoms with Gasteiger partial charge in [-0.2, -0.15) is 11.8 Å². The molecule has 2 heterocycles. The van der Waals surface area contributed by atoms with Crippen LogP contribution >= 0.6 is 23.1 Å². The SMILES string of the molecule is CN=C(NCc1ccc(C)s1)NCC1CCCS1. The highest BCUT2D eigenvalue weighted by atomic mass is 32.2. The van der Waals surface area contributed by atoms with Gasteiger partial charge in [0.25, 0.3) is 0 Å². The van der Waals surface area contributed by atoms with Gasteiger partial charge in [-0.25, -0.2) is 0 Å². The molecule has 0 bridgehead atoms. The molecule has 0 saturated carbocycles. The van der Waals surface area contributed by atoms with Crippen LogP contribution < -0.4 is 10.6 Å². The number of aliphatic imine (C=N–C) groups is 1. The van der Waals surface area contributed by atoms with Crippen LogP contribution in [0.2, 0.25) is 0 Å². The maximum absolute atomic E-state index is 4.26. The second-order valence-corrected chi connectivity index (χ2v) is 7.23. The summed E-state index contributed by atoms with van der Waals surface area (Å²) in [7, 11) is 1.83. The van der Waals surface area contributed by atoms with Crippen molar-refractivity contribution in [1.29, 1.82) is 0 Å². The maximum Gasteiger partial charge on any atom is 0.191 e. The van der Waals surface area contributed by atoms with Crippen molar-refractivity contribution in [3.63, 3.8) is 0 Å². The van der Waals surface area contributed by atoms with Crippen molar-refractivity contribution in [3.05, 3.63) is 21.9 Å². The number of thiophene rings is 1. The zero-order valence-corrected chi connectivity index (χ0v) is 12.7. The summed E-state index contributed by atoms with van der Waals surface area (Å²) < 4.78 is 0. The van der Waals surface area contributed by atoms with Crippen LogP contribution in [0.5, 0.6) is 0 Å². The van der Waals surface area contributed by atoms with Crippen LogP contribution in [-0.4, -0.2) is 30.6 Å². The van der Waals surface area contributed by atoms with E-state index in [1.807, 2.05) is 18.4 Å². The lowest BCUT2D eigenvalue weighted by Crippen LogP contribution is -2.39. The maximum atomic E-state index is 4.26. The lowest BCUT2D eigenvalue weighted by Gasteiger charge is -2.14. The van der Waals surface area contributed by atoms with Gasteiger partial charge in [0, 0.05) is 28.6 Å². The molecule has 18 heavy (non-hydrogen) atoms. The van der Waals surface area contributed by atoms with Crippen LogP contribution in [0.25, 0.3) is 0 Å². The standard InChI is InChI=1S/C13H21N3S2/c1-10-5-6-12(18-10)9-16-13(14-2)15-8-11-4-3-7-17-11/h5-6,11H,3-4,7-9H2,1-2H3,(H2,14,15,16). The molecular weight excluding hydrogens is 262 g/mol. The largest absolute Gasteiger partial charge is 0.355 e. The van der Waals surface area contributed by atoms with Gasteiger partial charge in [-0.1, -0.05) is 0 Å². The summed E-state index contributed by atoms with van der Waals surface area (Å²) in [5.74, 6) is 2.22. The van der Waals surface area contributed by atoms with E-state index in [1.165, 1.54) is 28.3 Å². The van der Waals surface area contributed by atoms with E-state index in [2.05, 4.69) is 46.4 Å². The molecule has 1 saturated heterocycles. The fraction of sp³-hybridized carbons (Fsp3) is 0.615. The average Bonchev–Trinajstić information content (AvgIpc) is 3.01. The minimum absolute atomic E-state index is 0.757. The summed E-state index contributed by atoms with van der Waals surface area (Å²) in [5.41, 5.74) is 0. The highest BCUT2D eigenvalue weighted by molar-refractivity contribution is 8.00. The molecular formula is C13H21N3S2. The van der Waals surface area contributed by atoms with E-state index in [0.717, 1.165) is 24.3 Å². The molecule has 1 atom stereocenters. The first-order valence-electron chi connectivity index (χ1n) is 6.39. The Morgan fingerprint density at radius 2 is 2.33 bits per heavy atom. The summed E-state index contributed by atoms with van der Waals surface area (Å²) in [5, 5.41) is 7.53. The topological polar surface area (TPSA) is 36.4 Å². The average molecular weight is 283 g/mol. The first-order valence-corrected chi connectivity index (χ1v) is 8.26. The summed E-state index contributed by atoms with van der Waals surface area (Å²) >= 11 is 3.90. The summed E-state index contributed by atoms with van der Waals surface area (Å²) in [6.45, 7) is 4.02. The highest BCUT2D eigenvalue weighted by Gasteiger charge is 2.15. The Bertz CT molecular complexity index is 395. The zero-order valence-electron chi connectivity index (χ0n) is 11.0. The van der Waals surface area contributed by atoms with Gasteiger partial charge in [0.1, 0.15) is 0 Å². The third-order valence-electron chi connectivity index (χ3n) is 2.97. The van der Waals surface area contributed by atoms with Gasteiger partial charge >= 0.3 is 0 Å². The monoisotopic (exact) mass is 283 g/mol. The van der Waals surface area contributed by atoms with Crippen molar-refractivity contribution in [1.82, 2.24) is 10.6 Å². The van der Waals surface area contributed by atoms with Gasteiger partial charge in [-0.05, 0) is 37.7 Å². The van der Waals surface area contributed by atoms with Gasteiger partial charge in [-0.15, -0.1) is 11.3 Å². The molecule has 1 unspecified atom stereocenters. The van der Waals surface area contributed by atoms with E-state index in [1.54, 1.807) is 0 Å². The number of nitrogens with one attached hydrogen (secondary N) is 2. The predicted molar refractivity (Wildman–Crippen MR) is 82.7 cm³/mol. The second kappa shape index (κ2) is 7.04. The fourth-order valence-electron chi connectivity index (χ4n) is 1.99. The van der Waals surface area contributed by atoms with Crippen molar-refractivity contribution in [2.24, 2.45) is 4.99 Å². The third kappa shape index (κ3) is 4.21. The van der Waals surface area contributed by atoms with Crippen LogP contribution in [0.3, 0.4) is 0 Å². The van der Waals surface area contributed by atoms with E-state index in [4.69, 9.17) is 0 Å². The van der Waals surface area contributed by atoms with E-state index in [-0.39, 0.29) is 0 Å². The van der Waals surface area contributed by atoms with Crippen molar-refractivity contribution in [2.75, 3.05) is 19.3 Å². The first kappa shape index (κ1) is 13.7. The molecule has 3 nitrogen and oxygen atoms in total. The Labute approximate surface area is 117 Å². The Morgan fingerprint density at radius 1 is 1.44 bits per heavy atom. The number of thioether (sulfide) groups is 1. The zero-order chi connectivity index (χ0) is 12.8. The number of rotatable bonds is 4. The minimum Gasteiger partial charge on any atom is -0.355 e. The molecule has 1 aromatic heterocycles. The quantitative estimate of drug-likeness (QED) is 0.659. The molecule has 2 rings (SSSR count). The van der Waals surface area contributed by atoms with Gasteiger partial charge < -0.3 is 10.6 Å². The molecule has 1 fully saturated rings. The molecule has 0 aliphatic carbocycles. The molecule has 1 aliphatic rings. The van der Waals surface area contributed by atoms with Crippen LogP contribution in [0, 0.1) is 6.92 Å². The smallest absolute Gasteiger partial charge is 0.191 e. The van der Waals surface area contributed by atoms with Gasteiger partial charge in [-0.3, -0.25) is 4.99 Å². The van der Waals surface area contributed by atoms with Crippen molar-refractivity contribution in [2.45, 2.75) is 31.6 Å². The predicted octanol–water partition coefficient (Wildman–Crippen LogP) is 2.62. The lowest BCUT2D eigenvalue weighted by molar-refractivity contribution is 0.727. The summed E-state index contributed by atoms with van der Waals surface area (Å²) in [6.07, 6.45) is 2.69. The van der Waals surface area contributed by atoms with Crippen molar-refractivity contribution >= 4 is 29.1 Å². The highest BCUT2D eigenvalue weighted by Crippen LogP contribution is 2.25. The van der Waals surface area contributed by atoms with E-state index in [9.17, 15) is 0 Å². The molecule has 5 heteroatoms.